The number of carbonyl (C=O) groups excluding carboxylic acids is 1. The maximum Gasteiger partial charge on any atom is 0.120 e. The SMILES string of the molecule is Cc1ccccc1C=Cc1cccc(CCC=O)c1. The zero-order valence-corrected chi connectivity index (χ0v) is 11.2. The van der Waals surface area contributed by atoms with Crippen LogP contribution in [-0.4, -0.2) is 6.29 Å². The summed E-state index contributed by atoms with van der Waals surface area (Å²) in [6, 6.07) is 16.6. The number of hydrogen-bond acceptors (Lipinski definition) is 1. The molecule has 2 rings (SSSR count). The van der Waals surface area contributed by atoms with Gasteiger partial charge in [0, 0.05) is 6.42 Å². The summed E-state index contributed by atoms with van der Waals surface area (Å²) in [5.41, 5.74) is 4.89. The second-order valence-corrected chi connectivity index (χ2v) is 4.64. The Balaban J connectivity index is 2.14. The Bertz CT molecular complexity index is 582. The molecule has 0 fully saturated rings. The van der Waals surface area contributed by atoms with Crippen molar-refractivity contribution in [2.24, 2.45) is 0 Å². The molecule has 0 unspecified atom stereocenters. The molecule has 0 aliphatic heterocycles. The molecule has 19 heavy (non-hydrogen) atoms. The highest BCUT2D eigenvalue weighted by molar-refractivity contribution is 5.71. The molecule has 0 heterocycles. The Morgan fingerprint density at radius 1 is 1.00 bits per heavy atom. The number of hydrogen-bond donors (Lipinski definition) is 0. The quantitative estimate of drug-likeness (QED) is 0.571. The number of carbonyl (C=O) groups is 1. The summed E-state index contributed by atoms with van der Waals surface area (Å²) in [6.07, 6.45) is 6.62. The predicted molar refractivity (Wildman–Crippen MR) is 80.9 cm³/mol. The fourth-order valence-corrected chi connectivity index (χ4v) is 2.04. The van der Waals surface area contributed by atoms with Crippen molar-refractivity contribution in [3.05, 3.63) is 70.8 Å². The topological polar surface area (TPSA) is 17.1 Å². The van der Waals surface area contributed by atoms with Gasteiger partial charge in [0.05, 0.1) is 0 Å². The molecule has 0 aliphatic carbocycles. The standard InChI is InChI=1S/C18H18O/c1-15-6-2-3-10-18(15)12-11-17-8-4-7-16(14-17)9-5-13-19/h2-4,6-8,10-14H,5,9H2,1H3. The lowest BCUT2D eigenvalue weighted by molar-refractivity contribution is -0.107. The minimum absolute atomic E-state index is 0.588. The van der Waals surface area contributed by atoms with Gasteiger partial charge >= 0.3 is 0 Å². The van der Waals surface area contributed by atoms with Crippen LogP contribution >= 0.6 is 0 Å². The summed E-state index contributed by atoms with van der Waals surface area (Å²) in [5.74, 6) is 0. The van der Waals surface area contributed by atoms with E-state index in [1.807, 2.05) is 18.2 Å². The second-order valence-electron chi connectivity index (χ2n) is 4.64. The van der Waals surface area contributed by atoms with E-state index in [4.69, 9.17) is 0 Å². The molecule has 0 saturated heterocycles. The Morgan fingerprint density at radius 3 is 2.63 bits per heavy atom. The normalized spacial score (nSPS) is 10.8. The van der Waals surface area contributed by atoms with E-state index < -0.39 is 0 Å². The van der Waals surface area contributed by atoms with Crippen molar-refractivity contribution in [3.8, 4) is 0 Å². The second kappa shape index (κ2) is 6.69. The molecule has 96 valence electrons. The van der Waals surface area contributed by atoms with Crippen molar-refractivity contribution < 1.29 is 4.79 Å². The van der Waals surface area contributed by atoms with Crippen LogP contribution in [0.3, 0.4) is 0 Å². The highest BCUT2D eigenvalue weighted by Gasteiger charge is 1.95. The Hall–Kier alpha value is -2.15. The van der Waals surface area contributed by atoms with Gasteiger partial charge in [-0.25, -0.2) is 0 Å². The van der Waals surface area contributed by atoms with E-state index in [1.54, 1.807) is 0 Å². The first-order valence-corrected chi connectivity index (χ1v) is 6.56. The van der Waals surface area contributed by atoms with Crippen LogP contribution in [0.2, 0.25) is 0 Å². The molecule has 1 nitrogen and oxygen atoms in total. The molecule has 0 aromatic heterocycles. The first-order valence-electron chi connectivity index (χ1n) is 6.56. The van der Waals surface area contributed by atoms with Gasteiger partial charge in [-0.15, -0.1) is 0 Å². The third kappa shape index (κ3) is 3.92. The molecule has 1 heteroatoms. The van der Waals surface area contributed by atoms with Crippen LogP contribution in [0.1, 0.15) is 28.7 Å². The third-order valence-electron chi connectivity index (χ3n) is 3.15. The minimum atomic E-state index is 0.588. The maximum atomic E-state index is 10.4. The number of aldehydes is 1. The molecule has 0 radical (unpaired) electrons. The first-order chi connectivity index (χ1) is 9.29. The van der Waals surface area contributed by atoms with Crippen molar-refractivity contribution in [1.82, 2.24) is 0 Å². The fourth-order valence-electron chi connectivity index (χ4n) is 2.04. The van der Waals surface area contributed by atoms with Crippen LogP contribution in [0.5, 0.6) is 0 Å². The van der Waals surface area contributed by atoms with Crippen molar-refractivity contribution in [1.29, 1.82) is 0 Å². The van der Waals surface area contributed by atoms with Gasteiger partial charge in [0.15, 0.2) is 0 Å². The van der Waals surface area contributed by atoms with E-state index in [0.717, 1.165) is 12.7 Å². The molecule has 0 bridgehead atoms. The molecule has 0 amide bonds. The summed E-state index contributed by atoms with van der Waals surface area (Å²) < 4.78 is 0. The van der Waals surface area contributed by atoms with Gasteiger partial charge < -0.3 is 4.79 Å². The summed E-state index contributed by atoms with van der Waals surface area (Å²) in [7, 11) is 0. The highest BCUT2D eigenvalue weighted by Crippen LogP contribution is 2.14. The molecule has 0 aliphatic rings. The molecule has 0 atom stereocenters. The van der Waals surface area contributed by atoms with Gasteiger partial charge in [0.1, 0.15) is 6.29 Å². The van der Waals surface area contributed by atoms with Crippen molar-refractivity contribution in [2.75, 3.05) is 0 Å². The molecule has 2 aromatic carbocycles. The van der Waals surface area contributed by atoms with Gasteiger partial charge in [-0.05, 0) is 35.6 Å². The van der Waals surface area contributed by atoms with Gasteiger partial charge in [0.2, 0.25) is 0 Å². The van der Waals surface area contributed by atoms with Crippen molar-refractivity contribution in [2.45, 2.75) is 19.8 Å². The summed E-state index contributed by atoms with van der Waals surface area (Å²) >= 11 is 0. The molecular formula is C18H18O. The largest absolute Gasteiger partial charge is 0.303 e. The van der Waals surface area contributed by atoms with E-state index in [1.165, 1.54) is 22.3 Å². The molecule has 0 spiro atoms. The van der Waals surface area contributed by atoms with E-state index >= 15 is 0 Å². The maximum absolute atomic E-state index is 10.4. The van der Waals surface area contributed by atoms with E-state index in [9.17, 15) is 4.79 Å². The zero-order valence-electron chi connectivity index (χ0n) is 11.2. The summed E-state index contributed by atoms with van der Waals surface area (Å²) in [4.78, 5) is 10.4. The number of aryl methyl sites for hydroxylation is 2. The number of rotatable bonds is 5. The lowest BCUT2D eigenvalue weighted by atomic mass is 10.0. The van der Waals surface area contributed by atoms with E-state index in [-0.39, 0.29) is 0 Å². The summed E-state index contributed by atoms with van der Waals surface area (Å²) in [6.45, 7) is 2.11. The molecule has 0 saturated carbocycles. The molecule has 0 N–H and O–H groups in total. The monoisotopic (exact) mass is 250 g/mol. The fraction of sp³-hybridized carbons (Fsp3) is 0.167. The van der Waals surface area contributed by atoms with Crippen LogP contribution in [-0.2, 0) is 11.2 Å². The Morgan fingerprint density at radius 2 is 1.84 bits per heavy atom. The number of benzene rings is 2. The average molecular weight is 250 g/mol. The third-order valence-corrected chi connectivity index (χ3v) is 3.15. The van der Waals surface area contributed by atoms with Crippen LogP contribution in [0, 0.1) is 6.92 Å². The van der Waals surface area contributed by atoms with Crippen molar-refractivity contribution in [3.63, 3.8) is 0 Å². The van der Waals surface area contributed by atoms with Gasteiger partial charge in [0.25, 0.3) is 0 Å². The van der Waals surface area contributed by atoms with E-state index in [2.05, 4.69) is 49.4 Å². The molecule has 2 aromatic rings. The van der Waals surface area contributed by atoms with Crippen LogP contribution < -0.4 is 0 Å². The van der Waals surface area contributed by atoms with Gasteiger partial charge in [-0.3, -0.25) is 0 Å². The van der Waals surface area contributed by atoms with Gasteiger partial charge in [-0.1, -0.05) is 60.7 Å². The predicted octanol–water partition coefficient (Wildman–Crippen LogP) is 4.30. The summed E-state index contributed by atoms with van der Waals surface area (Å²) in [5, 5.41) is 0. The first kappa shape index (κ1) is 13.3. The average Bonchev–Trinajstić information content (AvgIpc) is 2.45. The van der Waals surface area contributed by atoms with Crippen molar-refractivity contribution >= 4 is 18.4 Å². The van der Waals surface area contributed by atoms with Gasteiger partial charge in [-0.2, -0.15) is 0 Å². The highest BCUT2D eigenvalue weighted by atomic mass is 16.1. The molecular weight excluding hydrogens is 232 g/mol. The Kier molecular flexibility index (Phi) is 4.68. The van der Waals surface area contributed by atoms with Crippen LogP contribution in [0.4, 0.5) is 0 Å². The lowest BCUT2D eigenvalue weighted by Gasteiger charge is -2.01. The minimum Gasteiger partial charge on any atom is -0.303 e. The van der Waals surface area contributed by atoms with E-state index in [0.29, 0.717) is 6.42 Å². The van der Waals surface area contributed by atoms with Crippen LogP contribution in [0.25, 0.3) is 12.2 Å². The lowest BCUT2D eigenvalue weighted by Crippen LogP contribution is -1.86. The zero-order chi connectivity index (χ0) is 13.5. The smallest absolute Gasteiger partial charge is 0.120 e. The Labute approximate surface area is 114 Å². The van der Waals surface area contributed by atoms with Crippen LogP contribution in [0.15, 0.2) is 48.5 Å².